The number of rotatable bonds is 5. The molecule has 0 spiro atoms. The molecule has 0 N–H and O–H groups in total. The van der Waals surface area contributed by atoms with Crippen molar-refractivity contribution >= 4 is 11.8 Å². The number of nitrogens with zero attached hydrogens (tertiary/aromatic N) is 4. The standard InChI is InChI=1S/C19H16N4OS/c1-14-3-7-16(8-4-14)18-21-22-19(24-18)25-13-15-5-9-17(10-6-15)23-12-2-11-20-23/h2-12H,13H2,1H3. The maximum absolute atomic E-state index is 5.74. The Bertz CT molecular complexity index is 944. The summed E-state index contributed by atoms with van der Waals surface area (Å²) >= 11 is 1.53. The van der Waals surface area contributed by atoms with Crippen molar-refractivity contribution in [2.24, 2.45) is 0 Å². The average Bonchev–Trinajstić information content (AvgIpc) is 3.33. The van der Waals surface area contributed by atoms with Crippen LogP contribution in [0.5, 0.6) is 0 Å². The third-order valence-corrected chi connectivity index (χ3v) is 4.66. The van der Waals surface area contributed by atoms with Gasteiger partial charge in [-0.2, -0.15) is 5.10 Å². The van der Waals surface area contributed by atoms with Crippen molar-refractivity contribution < 1.29 is 4.42 Å². The van der Waals surface area contributed by atoms with E-state index in [1.54, 1.807) is 6.20 Å². The van der Waals surface area contributed by atoms with Gasteiger partial charge in [-0.1, -0.05) is 41.6 Å². The van der Waals surface area contributed by atoms with Crippen LogP contribution in [0.3, 0.4) is 0 Å². The Kier molecular flexibility index (Phi) is 4.35. The molecule has 6 heteroatoms. The molecule has 0 fully saturated rings. The third kappa shape index (κ3) is 3.64. The highest BCUT2D eigenvalue weighted by Gasteiger charge is 2.09. The summed E-state index contributed by atoms with van der Waals surface area (Å²) in [6.45, 7) is 2.05. The van der Waals surface area contributed by atoms with Crippen LogP contribution in [0.4, 0.5) is 0 Å². The van der Waals surface area contributed by atoms with Gasteiger partial charge in [-0.3, -0.25) is 0 Å². The Balaban J connectivity index is 1.41. The molecule has 4 aromatic rings. The zero-order valence-electron chi connectivity index (χ0n) is 13.7. The minimum Gasteiger partial charge on any atom is -0.411 e. The lowest BCUT2D eigenvalue weighted by atomic mass is 10.1. The SMILES string of the molecule is Cc1ccc(-c2nnc(SCc3ccc(-n4cccn4)cc3)o2)cc1. The first kappa shape index (κ1) is 15.7. The zero-order valence-corrected chi connectivity index (χ0v) is 14.5. The number of hydrogen-bond donors (Lipinski definition) is 0. The molecule has 0 unspecified atom stereocenters. The van der Waals surface area contributed by atoms with E-state index >= 15 is 0 Å². The predicted molar refractivity (Wildman–Crippen MR) is 97.6 cm³/mol. The van der Waals surface area contributed by atoms with Gasteiger partial charge in [0.1, 0.15) is 0 Å². The van der Waals surface area contributed by atoms with E-state index in [0.717, 1.165) is 17.0 Å². The van der Waals surface area contributed by atoms with Crippen molar-refractivity contribution in [3.63, 3.8) is 0 Å². The Labute approximate surface area is 149 Å². The third-order valence-electron chi connectivity index (χ3n) is 3.77. The normalized spacial score (nSPS) is 10.9. The summed E-state index contributed by atoms with van der Waals surface area (Å²) in [7, 11) is 0. The van der Waals surface area contributed by atoms with Gasteiger partial charge in [0.2, 0.25) is 5.89 Å². The topological polar surface area (TPSA) is 56.7 Å². The molecule has 0 aliphatic heterocycles. The quantitative estimate of drug-likeness (QED) is 0.496. The van der Waals surface area contributed by atoms with Crippen LogP contribution in [0.2, 0.25) is 0 Å². The zero-order chi connectivity index (χ0) is 17.1. The molecule has 2 aromatic heterocycles. The first-order chi connectivity index (χ1) is 12.3. The molecule has 5 nitrogen and oxygen atoms in total. The largest absolute Gasteiger partial charge is 0.411 e. The molecule has 2 heterocycles. The molecule has 0 aliphatic rings. The summed E-state index contributed by atoms with van der Waals surface area (Å²) in [5.74, 6) is 1.33. The summed E-state index contributed by atoms with van der Waals surface area (Å²) in [5.41, 5.74) is 4.37. The van der Waals surface area contributed by atoms with Gasteiger partial charge in [-0.15, -0.1) is 10.2 Å². The number of thioether (sulfide) groups is 1. The molecule has 0 saturated carbocycles. The lowest BCUT2D eigenvalue weighted by molar-refractivity contribution is 0.466. The first-order valence-corrected chi connectivity index (χ1v) is 8.89. The van der Waals surface area contributed by atoms with Crippen LogP contribution in [-0.2, 0) is 5.75 Å². The molecule has 0 atom stereocenters. The summed E-state index contributed by atoms with van der Waals surface area (Å²) in [4.78, 5) is 0. The van der Waals surface area contributed by atoms with Crippen molar-refractivity contribution in [2.45, 2.75) is 17.9 Å². The molecule has 25 heavy (non-hydrogen) atoms. The molecule has 0 saturated heterocycles. The lowest BCUT2D eigenvalue weighted by Crippen LogP contribution is -1.93. The number of benzene rings is 2. The number of hydrogen-bond acceptors (Lipinski definition) is 5. The second-order valence-electron chi connectivity index (χ2n) is 5.64. The summed E-state index contributed by atoms with van der Waals surface area (Å²) in [5, 5.41) is 13.0. The van der Waals surface area contributed by atoms with Crippen LogP contribution >= 0.6 is 11.8 Å². The van der Waals surface area contributed by atoms with Crippen molar-refractivity contribution in [1.82, 2.24) is 20.0 Å². The fourth-order valence-electron chi connectivity index (χ4n) is 2.39. The number of aromatic nitrogens is 4. The second-order valence-corrected chi connectivity index (χ2v) is 6.57. The summed E-state index contributed by atoms with van der Waals surface area (Å²) in [6.07, 6.45) is 3.69. The molecule has 0 bridgehead atoms. The van der Waals surface area contributed by atoms with Crippen molar-refractivity contribution in [3.8, 4) is 17.1 Å². The Morgan fingerprint density at radius 3 is 2.52 bits per heavy atom. The van der Waals surface area contributed by atoms with Crippen LogP contribution < -0.4 is 0 Å². The highest BCUT2D eigenvalue weighted by Crippen LogP contribution is 2.26. The highest BCUT2D eigenvalue weighted by atomic mass is 32.2. The van der Waals surface area contributed by atoms with Gasteiger partial charge in [0.15, 0.2) is 0 Å². The molecular formula is C19H16N4OS. The van der Waals surface area contributed by atoms with Gasteiger partial charge >= 0.3 is 0 Å². The van der Waals surface area contributed by atoms with E-state index in [9.17, 15) is 0 Å². The van der Waals surface area contributed by atoms with E-state index in [2.05, 4.69) is 46.5 Å². The number of aryl methyl sites for hydroxylation is 1. The van der Waals surface area contributed by atoms with Crippen LogP contribution in [0, 0.1) is 6.92 Å². The molecule has 0 amide bonds. The Morgan fingerprint density at radius 1 is 1.00 bits per heavy atom. The van der Waals surface area contributed by atoms with E-state index in [1.165, 1.54) is 22.9 Å². The lowest BCUT2D eigenvalue weighted by Gasteiger charge is -2.03. The maximum Gasteiger partial charge on any atom is 0.277 e. The molecule has 0 aliphatic carbocycles. The van der Waals surface area contributed by atoms with Crippen molar-refractivity contribution in [2.75, 3.05) is 0 Å². The molecule has 0 radical (unpaired) electrons. The smallest absolute Gasteiger partial charge is 0.277 e. The predicted octanol–water partition coefficient (Wildman–Crippen LogP) is 4.52. The van der Waals surface area contributed by atoms with Gasteiger partial charge < -0.3 is 4.42 Å². The Hall–Kier alpha value is -2.86. The van der Waals surface area contributed by atoms with Gasteiger partial charge in [0.05, 0.1) is 5.69 Å². The average molecular weight is 348 g/mol. The minimum absolute atomic E-state index is 0.552. The van der Waals surface area contributed by atoms with Gasteiger partial charge in [-0.25, -0.2) is 4.68 Å². The van der Waals surface area contributed by atoms with Crippen molar-refractivity contribution in [1.29, 1.82) is 0 Å². The minimum atomic E-state index is 0.552. The van der Waals surface area contributed by atoms with E-state index in [-0.39, 0.29) is 0 Å². The van der Waals surface area contributed by atoms with E-state index in [4.69, 9.17) is 4.42 Å². The molecule has 4 rings (SSSR count). The summed E-state index contributed by atoms with van der Waals surface area (Å²) < 4.78 is 7.58. The first-order valence-electron chi connectivity index (χ1n) is 7.90. The molecular weight excluding hydrogens is 332 g/mol. The van der Waals surface area contributed by atoms with E-state index in [0.29, 0.717) is 11.1 Å². The van der Waals surface area contributed by atoms with Gasteiger partial charge in [0, 0.05) is 23.7 Å². The van der Waals surface area contributed by atoms with Gasteiger partial charge in [0.25, 0.3) is 5.22 Å². The molecule has 2 aromatic carbocycles. The van der Waals surface area contributed by atoms with Crippen molar-refractivity contribution in [3.05, 3.63) is 78.1 Å². The van der Waals surface area contributed by atoms with Gasteiger partial charge in [-0.05, 0) is 42.8 Å². The van der Waals surface area contributed by atoms with E-state index in [1.807, 2.05) is 41.2 Å². The van der Waals surface area contributed by atoms with Crippen LogP contribution in [0.1, 0.15) is 11.1 Å². The fourth-order valence-corrected chi connectivity index (χ4v) is 3.11. The maximum atomic E-state index is 5.74. The van der Waals surface area contributed by atoms with E-state index < -0.39 is 0 Å². The highest BCUT2D eigenvalue weighted by molar-refractivity contribution is 7.98. The fraction of sp³-hybridized carbons (Fsp3) is 0.105. The summed E-state index contributed by atoms with van der Waals surface area (Å²) in [6, 6.07) is 18.2. The second kappa shape index (κ2) is 6.94. The van der Waals surface area contributed by atoms with Crippen LogP contribution in [-0.4, -0.2) is 20.0 Å². The molecule has 124 valence electrons. The van der Waals surface area contributed by atoms with Crippen LogP contribution in [0.15, 0.2) is 76.6 Å². The van der Waals surface area contributed by atoms with Crippen LogP contribution in [0.25, 0.3) is 17.1 Å². The monoisotopic (exact) mass is 348 g/mol. The Morgan fingerprint density at radius 2 is 1.80 bits per heavy atom.